The fourth-order valence-corrected chi connectivity index (χ4v) is 2.07. The largest absolute Gasteiger partial charge is 0.370 e. The molecule has 0 fully saturated rings. The summed E-state index contributed by atoms with van der Waals surface area (Å²) < 4.78 is 0. The monoisotopic (exact) mass is 370 g/mol. The molecular weight excluding hydrogens is 347 g/mol. The molecular formula is C17H24Cl2N4O. The molecule has 0 aliphatic heterocycles. The molecule has 0 radical (unpaired) electrons. The molecule has 1 heterocycles. The van der Waals surface area contributed by atoms with E-state index in [9.17, 15) is 4.79 Å². The summed E-state index contributed by atoms with van der Waals surface area (Å²) in [5.74, 6) is 0.738. The molecule has 2 aromatic rings. The molecule has 0 bridgehead atoms. The van der Waals surface area contributed by atoms with Crippen LogP contribution in [0, 0.1) is 0 Å². The van der Waals surface area contributed by atoms with Gasteiger partial charge in [-0.2, -0.15) is 0 Å². The summed E-state index contributed by atoms with van der Waals surface area (Å²) in [4.78, 5) is 16.1. The lowest BCUT2D eigenvalue weighted by Gasteiger charge is -2.12. The van der Waals surface area contributed by atoms with Crippen LogP contribution in [0.1, 0.15) is 24.4 Å². The Bertz CT molecular complexity index is 569. The Kier molecular flexibility index (Phi) is 11.6. The average Bonchev–Trinajstić information content (AvgIpc) is 2.58. The van der Waals surface area contributed by atoms with Crippen molar-refractivity contribution in [2.75, 3.05) is 18.4 Å². The molecule has 1 aromatic carbocycles. The van der Waals surface area contributed by atoms with Crippen molar-refractivity contribution in [3.8, 4) is 0 Å². The fraction of sp³-hybridized carbons (Fsp3) is 0.294. The van der Waals surface area contributed by atoms with Crippen LogP contribution in [0.2, 0.25) is 0 Å². The molecule has 1 amide bonds. The van der Waals surface area contributed by atoms with Crippen LogP contribution in [-0.4, -0.2) is 24.0 Å². The Hall–Kier alpha value is -1.82. The third-order valence-corrected chi connectivity index (χ3v) is 3.31. The highest BCUT2D eigenvalue weighted by Crippen LogP contribution is 2.09. The first-order chi connectivity index (χ1) is 10.8. The van der Waals surface area contributed by atoms with Crippen LogP contribution in [0.25, 0.3) is 0 Å². The number of unbranched alkanes of at least 4 members (excludes halogenated alkanes) is 1. The number of amides is 1. The second-order valence-corrected chi connectivity index (χ2v) is 5.03. The van der Waals surface area contributed by atoms with Crippen molar-refractivity contribution in [3.63, 3.8) is 0 Å². The predicted molar refractivity (Wildman–Crippen MR) is 103 cm³/mol. The molecule has 1 atom stereocenters. The van der Waals surface area contributed by atoms with Crippen molar-refractivity contribution in [1.29, 1.82) is 0 Å². The summed E-state index contributed by atoms with van der Waals surface area (Å²) in [6, 6.07) is 14.5. The van der Waals surface area contributed by atoms with Crippen LogP contribution >= 0.6 is 24.8 Å². The maximum atomic E-state index is 11.9. The molecule has 7 heteroatoms. The zero-order chi connectivity index (χ0) is 15.6. The van der Waals surface area contributed by atoms with E-state index in [0.29, 0.717) is 6.54 Å². The smallest absolute Gasteiger partial charge is 0.241 e. The number of nitrogens with zero attached hydrogens (tertiary/aromatic N) is 1. The number of aromatic nitrogens is 1. The SMILES string of the molecule is Cl.Cl.NC(C(=O)NCCCCNc1ccccn1)c1ccccc1. The summed E-state index contributed by atoms with van der Waals surface area (Å²) >= 11 is 0. The van der Waals surface area contributed by atoms with Crippen molar-refractivity contribution in [3.05, 3.63) is 60.3 Å². The van der Waals surface area contributed by atoms with Crippen LogP contribution in [0.15, 0.2) is 54.7 Å². The van der Waals surface area contributed by atoms with Gasteiger partial charge in [0.15, 0.2) is 0 Å². The van der Waals surface area contributed by atoms with Gasteiger partial charge >= 0.3 is 0 Å². The second-order valence-electron chi connectivity index (χ2n) is 5.03. The lowest BCUT2D eigenvalue weighted by Crippen LogP contribution is -2.34. The number of nitrogens with one attached hydrogen (secondary N) is 2. The minimum Gasteiger partial charge on any atom is -0.370 e. The Morgan fingerprint density at radius 2 is 1.67 bits per heavy atom. The summed E-state index contributed by atoms with van der Waals surface area (Å²) in [6.07, 6.45) is 3.61. The molecule has 1 aromatic heterocycles. The van der Waals surface area contributed by atoms with E-state index >= 15 is 0 Å². The highest BCUT2D eigenvalue weighted by molar-refractivity contribution is 5.85. The van der Waals surface area contributed by atoms with Gasteiger partial charge in [0.2, 0.25) is 5.91 Å². The van der Waals surface area contributed by atoms with E-state index in [4.69, 9.17) is 5.73 Å². The number of anilines is 1. The molecule has 0 aliphatic rings. The topological polar surface area (TPSA) is 80.0 Å². The van der Waals surface area contributed by atoms with E-state index in [0.717, 1.165) is 30.8 Å². The van der Waals surface area contributed by atoms with Crippen LogP contribution in [-0.2, 0) is 4.79 Å². The summed E-state index contributed by atoms with van der Waals surface area (Å²) in [7, 11) is 0. The number of carbonyl (C=O) groups excluding carboxylic acids is 1. The van der Waals surface area contributed by atoms with Gasteiger partial charge in [0, 0.05) is 19.3 Å². The standard InChI is InChI=1S/C17H22N4O.2ClH/c18-16(14-8-2-1-3-9-14)17(22)21-13-7-6-12-20-15-10-4-5-11-19-15;;/h1-5,8-11,16H,6-7,12-13,18H2,(H,19,20)(H,21,22);2*1H. The van der Waals surface area contributed by atoms with Gasteiger partial charge in [-0.1, -0.05) is 36.4 Å². The average molecular weight is 371 g/mol. The van der Waals surface area contributed by atoms with Crippen LogP contribution < -0.4 is 16.4 Å². The number of halogens is 2. The van der Waals surface area contributed by atoms with Gasteiger partial charge in [0.25, 0.3) is 0 Å². The molecule has 4 N–H and O–H groups in total. The number of hydrogen-bond acceptors (Lipinski definition) is 4. The van der Waals surface area contributed by atoms with Gasteiger partial charge < -0.3 is 16.4 Å². The number of hydrogen-bond donors (Lipinski definition) is 3. The van der Waals surface area contributed by atoms with E-state index in [-0.39, 0.29) is 30.7 Å². The van der Waals surface area contributed by atoms with Gasteiger partial charge in [-0.15, -0.1) is 24.8 Å². The quantitative estimate of drug-likeness (QED) is 0.624. The molecule has 132 valence electrons. The summed E-state index contributed by atoms with van der Waals surface area (Å²) in [5, 5.41) is 6.11. The molecule has 5 nitrogen and oxygen atoms in total. The van der Waals surface area contributed by atoms with Gasteiger partial charge in [-0.05, 0) is 30.5 Å². The van der Waals surface area contributed by atoms with E-state index in [1.807, 2.05) is 48.5 Å². The molecule has 1 unspecified atom stereocenters. The van der Waals surface area contributed by atoms with Gasteiger partial charge in [-0.3, -0.25) is 4.79 Å². The number of nitrogens with two attached hydrogens (primary N) is 1. The highest BCUT2D eigenvalue weighted by atomic mass is 35.5. The van der Waals surface area contributed by atoms with E-state index in [1.165, 1.54) is 0 Å². The lowest BCUT2D eigenvalue weighted by molar-refractivity contribution is -0.122. The molecule has 0 aliphatic carbocycles. The highest BCUT2D eigenvalue weighted by Gasteiger charge is 2.14. The van der Waals surface area contributed by atoms with Crippen molar-refractivity contribution >= 4 is 36.5 Å². The first-order valence-electron chi connectivity index (χ1n) is 7.50. The fourth-order valence-electron chi connectivity index (χ4n) is 2.07. The first kappa shape index (κ1) is 22.2. The number of benzene rings is 1. The number of pyridine rings is 1. The van der Waals surface area contributed by atoms with Gasteiger partial charge in [0.05, 0.1) is 0 Å². The van der Waals surface area contributed by atoms with E-state index in [2.05, 4.69) is 15.6 Å². The van der Waals surface area contributed by atoms with E-state index < -0.39 is 6.04 Å². The lowest BCUT2D eigenvalue weighted by atomic mass is 10.1. The maximum Gasteiger partial charge on any atom is 0.241 e. The Morgan fingerprint density at radius 1 is 1.00 bits per heavy atom. The van der Waals surface area contributed by atoms with Crippen molar-refractivity contribution < 1.29 is 4.79 Å². The van der Waals surface area contributed by atoms with Crippen LogP contribution in [0.4, 0.5) is 5.82 Å². The van der Waals surface area contributed by atoms with Crippen molar-refractivity contribution in [1.82, 2.24) is 10.3 Å². The van der Waals surface area contributed by atoms with Gasteiger partial charge in [-0.25, -0.2) is 4.98 Å². The molecule has 0 spiro atoms. The van der Waals surface area contributed by atoms with E-state index in [1.54, 1.807) is 6.20 Å². The summed E-state index contributed by atoms with van der Waals surface area (Å²) in [6.45, 7) is 1.46. The van der Waals surface area contributed by atoms with Crippen molar-refractivity contribution in [2.24, 2.45) is 5.73 Å². The Morgan fingerprint density at radius 3 is 2.33 bits per heavy atom. The van der Waals surface area contributed by atoms with Gasteiger partial charge in [0.1, 0.15) is 11.9 Å². The second kappa shape index (κ2) is 12.6. The third kappa shape index (κ3) is 7.64. The summed E-state index contributed by atoms with van der Waals surface area (Å²) in [5.41, 5.74) is 6.75. The number of carbonyl (C=O) groups is 1. The van der Waals surface area contributed by atoms with Crippen molar-refractivity contribution in [2.45, 2.75) is 18.9 Å². The molecule has 2 rings (SSSR count). The Labute approximate surface area is 155 Å². The minimum atomic E-state index is -0.604. The molecule has 24 heavy (non-hydrogen) atoms. The molecule has 0 saturated heterocycles. The number of rotatable bonds is 8. The first-order valence-corrected chi connectivity index (χ1v) is 7.50. The minimum absolute atomic E-state index is 0. The third-order valence-electron chi connectivity index (χ3n) is 3.31. The van der Waals surface area contributed by atoms with Crippen LogP contribution in [0.3, 0.4) is 0 Å². The zero-order valence-electron chi connectivity index (χ0n) is 13.4. The molecule has 0 saturated carbocycles. The predicted octanol–water partition coefficient (Wildman–Crippen LogP) is 2.93. The Balaban J connectivity index is 0.00000264. The normalized spacial score (nSPS) is 10.7. The maximum absolute atomic E-state index is 11.9. The van der Waals surface area contributed by atoms with Crippen LogP contribution in [0.5, 0.6) is 0 Å². The zero-order valence-corrected chi connectivity index (χ0v) is 15.0.